The molecule has 0 unspecified atom stereocenters. The third-order valence-corrected chi connectivity index (χ3v) is 6.75. The molecule has 0 aromatic heterocycles. The lowest BCUT2D eigenvalue weighted by molar-refractivity contribution is -0.132. The molecule has 1 saturated heterocycles. The van der Waals surface area contributed by atoms with E-state index in [1.165, 1.54) is 6.07 Å². The van der Waals surface area contributed by atoms with Crippen molar-refractivity contribution in [1.29, 1.82) is 0 Å². The molecule has 2 aromatic rings. The van der Waals surface area contributed by atoms with E-state index in [9.17, 15) is 14.0 Å². The number of halogens is 1. The number of nitrogens with zero attached hydrogens (tertiary/aromatic N) is 2. The molecule has 2 aliphatic heterocycles. The Hall–Kier alpha value is -2.69. The molecular formula is C24H25FN2O2. The molecule has 2 heterocycles. The highest BCUT2D eigenvalue weighted by molar-refractivity contribution is 5.99. The van der Waals surface area contributed by atoms with E-state index >= 15 is 0 Å². The lowest BCUT2D eigenvalue weighted by Crippen LogP contribution is -2.48. The number of hydrogen-bond donors (Lipinski definition) is 0. The van der Waals surface area contributed by atoms with Gasteiger partial charge in [-0.3, -0.25) is 9.59 Å². The average Bonchev–Trinajstić information content (AvgIpc) is 3.54. The van der Waals surface area contributed by atoms with Gasteiger partial charge in [0.15, 0.2) is 0 Å². The standard InChI is InChI=1S/C24H25FN2O2/c25-19-8-9-21-20(15-19)24(16-27(21)23(29)18-6-7-18)10-12-26(13-11-24)22(28)14-17-4-2-1-3-5-17/h1-5,8-9,15,18H,6-7,10-14,16H2. The summed E-state index contributed by atoms with van der Waals surface area (Å²) in [6.07, 6.45) is 3.85. The summed E-state index contributed by atoms with van der Waals surface area (Å²) in [7, 11) is 0. The Morgan fingerprint density at radius 2 is 1.76 bits per heavy atom. The first-order valence-electron chi connectivity index (χ1n) is 10.5. The summed E-state index contributed by atoms with van der Waals surface area (Å²) < 4.78 is 14.1. The van der Waals surface area contributed by atoms with Gasteiger partial charge >= 0.3 is 0 Å². The highest BCUT2D eigenvalue weighted by atomic mass is 19.1. The Kier molecular flexibility index (Phi) is 4.41. The van der Waals surface area contributed by atoms with Crippen LogP contribution in [0.15, 0.2) is 48.5 Å². The van der Waals surface area contributed by atoms with Gasteiger partial charge in [-0.05, 0) is 55.0 Å². The molecule has 5 heteroatoms. The van der Waals surface area contributed by atoms with Gasteiger partial charge in [-0.25, -0.2) is 4.39 Å². The smallest absolute Gasteiger partial charge is 0.230 e. The van der Waals surface area contributed by atoms with Crippen LogP contribution in [0.5, 0.6) is 0 Å². The van der Waals surface area contributed by atoms with Crippen LogP contribution in [-0.2, 0) is 21.4 Å². The quantitative estimate of drug-likeness (QED) is 0.799. The minimum Gasteiger partial charge on any atom is -0.342 e. The molecule has 1 spiro atoms. The van der Waals surface area contributed by atoms with Gasteiger partial charge < -0.3 is 9.80 Å². The second-order valence-corrected chi connectivity index (χ2v) is 8.68. The van der Waals surface area contributed by atoms with Gasteiger partial charge in [-0.15, -0.1) is 0 Å². The van der Waals surface area contributed by atoms with E-state index in [1.807, 2.05) is 40.1 Å². The Bertz CT molecular complexity index is 947. The number of rotatable bonds is 3. The SMILES string of the molecule is O=C(Cc1ccccc1)N1CCC2(CC1)CN(C(=O)C1CC1)c1ccc(F)cc12. The zero-order valence-electron chi connectivity index (χ0n) is 16.4. The number of piperidine rings is 1. The summed E-state index contributed by atoms with van der Waals surface area (Å²) in [6, 6.07) is 14.6. The largest absolute Gasteiger partial charge is 0.342 e. The van der Waals surface area contributed by atoms with Gasteiger partial charge in [0.25, 0.3) is 0 Å². The predicted octanol–water partition coefficient (Wildman–Crippen LogP) is 3.69. The molecular weight excluding hydrogens is 367 g/mol. The summed E-state index contributed by atoms with van der Waals surface area (Å²) in [6.45, 7) is 1.90. The van der Waals surface area contributed by atoms with E-state index in [4.69, 9.17) is 0 Å². The molecule has 2 amide bonds. The highest BCUT2D eigenvalue weighted by Gasteiger charge is 2.49. The highest BCUT2D eigenvalue weighted by Crippen LogP contribution is 2.49. The van der Waals surface area contributed by atoms with Gasteiger partial charge in [0.1, 0.15) is 5.82 Å². The van der Waals surface area contributed by atoms with Crippen molar-refractivity contribution >= 4 is 17.5 Å². The number of hydrogen-bond acceptors (Lipinski definition) is 2. The van der Waals surface area contributed by atoms with Crippen LogP contribution in [-0.4, -0.2) is 36.3 Å². The Morgan fingerprint density at radius 3 is 2.45 bits per heavy atom. The molecule has 4 nitrogen and oxygen atoms in total. The fourth-order valence-electron chi connectivity index (χ4n) is 4.88. The molecule has 1 saturated carbocycles. The Balaban J connectivity index is 1.34. The first kappa shape index (κ1) is 18.3. The molecule has 0 radical (unpaired) electrons. The van der Waals surface area contributed by atoms with E-state index in [2.05, 4.69) is 0 Å². The summed E-state index contributed by atoms with van der Waals surface area (Å²) in [5.74, 6) is 0.189. The first-order valence-corrected chi connectivity index (χ1v) is 10.5. The van der Waals surface area contributed by atoms with Crippen LogP contribution in [0.2, 0.25) is 0 Å². The van der Waals surface area contributed by atoms with Crippen molar-refractivity contribution in [2.24, 2.45) is 5.92 Å². The Morgan fingerprint density at radius 1 is 1.03 bits per heavy atom. The second kappa shape index (κ2) is 6.97. The maximum Gasteiger partial charge on any atom is 0.230 e. The molecule has 2 aromatic carbocycles. The van der Waals surface area contributed by atoms with Crippen molar-refractivity contribution in [2.45, 2.75) is 37.5 Å². The van der Waals surface area contributed by atoms with Crippen LogP contribution >= 0.6 is 0 Å². The zero-order valence-corrected chi connectivity index (χ0v) is 16.4. The molecule has 0 bridgehead atoms. The topological polar surface area (TPSA) is 40.6 Å². The molecule has 0 atom stereocenters. The van der Waals surface area contributed by atoms with E-state index in [0.717, 1.165) is 42.5 Å². The molecule has 150 valence electrons. The average molecular weight is 392 g/mol. The van der Waals surface area contributed by atoms with Crippen molar-refractivity contribution in [3.05, 3.63) is 65.5 Å². The fraction of sp³-hybridized carbons (Fsp3) is 0.417. The van der Waals surface area contributed by atoms with Crippen LogP contribution in [0.4, 0.5) is 10.1 Å². The van der Waals surface area contributed by atoms with E-state index in [1.54, 1.807) is 12.1 Å². The number of carbonyl (C=O) groups excluding carboxylic acids is 2. The monoisotopic (exact) mass is 392 g/mol. The number of amides is 2. The van der Waals surface area contributed by atoms with Gasteiger partial charge in [-0.2, -0.15) is 0 Å². The number of benzene rings is 2. The maximum absolute atomic E-state index is 14.1. The molecule has 3 aliphatic rings. The van der Waals surface area contributed by atoms with Crippen LogP contribution in [0.25, 0.3) is 0 Å². The summed E-state index contributed by atoms with van der Waals surface area (Å²) in [4.78, 5) is 29.4. The lowest BCUT2D eigenvalue weighted by Gasteiger charge is -2.40. The maximum atomic E-state index is 14.1. The van der Waals surface area contributed by atoms with Crippen LogP contribution in [0.3, 0.4) is 0 Å². The molecule has 5 rings (SSSR count). The number of carbonyl (C=O) groups is 2. The first-order chi connectivity index (χ1) is 14.1. The van der Waals surface area contributed by atoms with Gasteiger partial charge in [0, 0.05) is 36.7 Å². The van der Waals surface area contributed by atoms with Gasteiger partial charge in [0.05, 0.1) is 6.42 Å². The van der Waals surface area contributed by atoms with Crippen molar-refractivity contribution in [1.82, 2.24) is 4.90 Å². The zero-order chi connectivity index (χ0) is 20.0. The van der Waals surface area contributed by atoms with Gasteiger partial charge in [0.2, 0.25) is 11.8 Å². The van der Waals surface area contributed by atoms with Gasteiger partial charge in [-0.1, -0.05) is 30.3 Å². The van der Waals surface area contributed by atoms with E-state index in [-0.39, 0.29) is 29.0 Å². The number of likely N-dealkylation sites (tertiary alicyclic amines) is 1. The molecule has 2 fully saturated rings. The van der Waals surface area contributed by atoms with E-state index in [0.29, 0.717) is 26.1 Å². The Labute approximate surface area is 170 Å². The lowest BCUT2D eigenvalue weighted by atomic mass is 9.74. The molecule has 29 heavy (non-hydrogen) atoms. The summed E-state index contributed by atoms with van der Waals surface area (Å²) in [5, 5.41) is 0. The van der Waals surface area contributed by atoms with E-state index < -0.39 is 0 Å². The van der Waals surface area contributed by atoms with Crippen molar-refractivity contribution in [3.8, 4) is 0 Å². The van der Waals surface area contributed by atoms with Crippen molar-refractivity contribution < 1.29 is 14.0 Å². The minimum absolute atomic E-state index is 0.134. The predicted molar refractivity (Wildman–Crippen MR) is 109 cm³/mol. The van der Waals surface area contributed by atoms with Crippen molar-refractivity contribution in [2.75, 3.05) is 24.5 Å². The fourth-order valence-corrected chi connectivity index (χ4v) is 4.88. The third-order valence-electron chi connectivity index (χ3n) is 6.75. The van der Waals surface area contributed by atoms with Crippen LogP contribution in [0, 0.1) is 11.7 Å². The van der Waals surface area contributed by atoms with Crippen LogP contribution in [0.1, 0.15) is 36.8 Å². The van der Waals surface area contributed by atoms with Crippen molar-refractivity contribution in [3.63, 3.8) is 0 Å². The number of anilines is 1. The van der Waals surface area contributed by atoms with Crippen LogP contribution < -0.4 is 4.90 Å². The number of fused-ring (bicyclic) bond motifs is 2. The second-order valence-electron chi connectivity index (χ2n) is 8.68. The third kappa shape index (κ3) is 3.33. The normalized spacial score (nSPS) is 20.0. The molecule has 0 N–H and O–H groups in total. The molecule has 1 aliphatic carbocycles. The summed E-state index contributed by atoms with van der Waals surface area (Å²) in [5.41, 5.74) is 2.59. The summed E-state index contributed by atoms with van der Waals surface area (Å²) >= 11 is 0. The minimum atomic E-state index is -0.258.